The molecule has 3 rings (SSSR count). The van der Waals surface area contributed by atoms with Gasteiger partial charge >= 0.3 is 6.18 Å². The van der Waals surface area contributed by atoms with Crippen molar-refractivity contribution in [2.45, 2.75) is 25.6 Å². The number of carbonyl (C=O) groups excluding carboxylic acids is 1. The summed E-state index contributed by atoms with van der Waals surface area (Å²) in [5, 5.41) is 7.10. The minimum atomic E-state index is -4.49. The van der Waals surface area contributed by atoms with Crippen molar-refractivity contribution in [2.75, 3.05) is 6.54 Å². The van der Waals surface area contributed by atoms with E-state index in [-0.39, 0.29) is 24.3 Å². The van der Waals surface area contributed by atoms with Crippen molar-refractivity contribution in [1.82, 2.24) is 15.1 Å². The summed E-state index contributed by atoms with van der Waals surface area (Å²) < 4.78 is 46.8. The van der Waals surface area contributed by atoms with E-state index >= 15 is 0 Å². The zero-order valence-electron chi connectivity index (χ0n) is 16.3. The van der Waals surface area contributed by atoms with Gasteiger partial charge in [0.2, 0.25) is 0 Å². The van der Waals surface area contributed by atoms with Crippen LogP contribution in [0.1, 0.15) is 27.4 Å². The third-order valence-corrected chi connectivity index (χ3v) is 4.98. The van der Waals surface area contributed by atoms with Gasteiger partial charge in [-0.25, -0.2) is 0 Å². The molecule has 10 heteroatoms. The van der Waals surface area contributed by atoms with Crippen LogP contribution < -0.4 is 11.1 Å². The fourth-order valence-electron chi connectivity index (χ4n) is 3.23. The molecule has 0 fully saturated rings. The number of hydrogen-bond donors (Lipinski definition) is 2. The van der Waals surface area contributed by atoms with Crippen LogP contribution >= 0.6 is 11.6 Å². The van der Waals surface area contributed by atoms with Crippen LogP contribution in [0.25, 0.3) is 11.3 Å². The Morgan fingerprint density at radius 2 is 2.07 bits per heavy atom. The fraction of sp³-hybridized carbons (Fsp3) is 0.300. The number of aryl methyl sites for hydroxylation is 2. The molecule has 1 unspecified atom stereocenters. The number of benzene rings is 1. The quantitative estimate of drug-likeness (QED) is 0.607. The van der Waals surface area contributed by atoms with Gasteiger partial charge in [-0.3, -0.25) is 9.48 Å². The van der Waals surface area contributed by atoms with E-state index in [2.05, 4.69) is 10.4 Å². The largest absolute Gasteiger partial charge is 0.455 e. The minimum Gasteiger partial charge on any atom is -0.455 e. The Hall–Kier alpha value is -2.78. The summed E-state index contributed by atoms with van der Waals surface area (Å²) in [6.45, 7) is 1.63. The fourth-order valence-corrected chi connectivity index (χ4v) is 3.50. The number of amides is 1. The van der Waals surface area contributed by atoms with E-state index in [0.717, 1.165) is 6.07 Å². The highest BCUT2D eigenvalue weighted by atomic mass is 35.5. The first-order valence-corrected chi connectivity index (χ1v) is 9.44. The van der Waals surface area contributed by atoms with E-state index in [1.165, 1.54) is 30.5 Å². The topological polar surface area (TPSA) is 86.1 Å². The van der Waals surface area contributed by atoms with Crippen molar-refractivity contribution in [1.29, 1.82) is 0 Å². The number of halogens is 4. The lowest BCUT2D eigenvalue weighted by molar-refractivity contribution is -0.138. The van der Waals surface area contributed by atoms with E-state index in [4.69, 9.17) is 21.8 Å². The molecule has 0 aliphatic rings. The van der Waals surface area contributed by atoms with Crippen LogP contribution in [0.5, 0.6) is 0 Å². The first-order chi connectivity index (χ1) is 14.1. The third-order valence-electron chi connectivity index (χ3n) is 4.70. The Morgan fingerprint density at radius 3 is 2.67 bits per heavy atom. The minimum absolute atomic E-state index is 0.00215. The maximum atomic E-state index is 13.2. The summed E-state index contributed by atoms with van der Waals surface area (Å²) >= 11 is 6.16. The standard InChI is InChI=1S/C20H20ClF3N4O2/c1-11-14(18-16(21)10-26-28(18)2)8-17(30-11)19(29)27-13(9-25)7-12-5-3-4-6-15(12)20(22,23)24/h3-6,8,10,13H,7,9,25H2,1-2H3,(H,27,29). The van der Waals surface area contributed by atoms with E-state index in [1.807, 2.05) is 0 Å². The number of nitrogens with one attached hydrogen (secondary N) is 1. The molecule has 1 atom stereocenters. The third kappa shape index (κ3) is 4.52. The molecule has 0 spiro atoms. The van der Waals surface area contributed by atoms with Crippen molar-refractivity contribution in [3.8, 4) is 11.3 Å². The molecule has 0 bridgehead atoms. The number of furan rings is 1. The second-order valence-electron chi connectivity index (χ2n) is 6.81. The van der Waals surface area contributed by atoms with Gasteiger partial charge < -0.3 is 15.5 Å². The predicted molar refractivity (Wildman–Crippen MR) is 106 cm³/mol. The lowest BCUT2D eigenvalue weighted by Gasteiger charge is -2.19. The van der Waals surface area contributed by atoms with Gasteiger partial charge in [0.15, 0.2) is 5.76 Å². The van der Waals surface area contributed by atoms with Gasteiger partial charge in [0.25, 0.3) is 5.91 Å². The van der Waals surface area contributed by atoms with Crippen LogP contribution in [0.15, 0.2) is 40.9 Å². The Kier molecular flexibility index (Phi) is 6.23. The van der Waals surface area contributed by atoms with E-state index in [1.54, 1.807) is 18.7 Å². The van der Waals surface area contributed by atoms with Crippen molar-refractivity contribution in [3.63, 3.8) is 0 Å². The Bertz CT molecular complexity index is 1040. The monoisotopic (exact) mass is 440 g/mol. The molecule has 1 aromatic carbocycles. The molecular formula is C20H20ClF3N4O2. The molecule has 30 heavy (non-hydrogen) atoms. The van der Waals surface area contributed by atoms with Gasteiger partial charge in [-0.1, -0.05) is 29.8 Å². The second kappa shape index (κ2) is 8.53. The summed E-state index contributed by atoms with van der Waals surface area (Å²) in [7, 11) is 1.70. The van der Waals surface area contributed by atoms with Crippen LogP contribution in [0, 0.1) is 6.92 Å². The van der Waals surface area contributed by atoms with Crippen LogP contribution in [-0.4, -0.2) is 28.3 Å². The number of alkyl halides is 3. The van der Waals surface area contributed by atoms with Crippen LogP contribution in [0.4, 0.5) is 13.2 Å². The molecule has 160 valence electrons. The SMILES string of the molecule is Cc1oc(C(=O)NC(CN)Cc2ccccc2C(F)(F)F)cc1-c1c(Cl)cnn1C. The number of carbonyl (C=O) groups is 1. The second-order valence-corrected chi connectivity index (χ2v) is 7.22. The highest BCUT2D eigenvalue weighted by Gasteiger charge is 2.33. The first-order valence-electron chi connectivity index (χ1n) is 9.06. The Labute approximate surface area is 175 Å². The molecule has 6 nitrogen and oxygen atoms in total. The molecular weight excluding hydrogens is 421 g/mol. The average Bonchev–Trinajstić information content (AvgIpc) is 3.22. The van der Waals surface area contributed by atoms with Crippen molar-refractivity contribution in [3.05, 3.63) is 64.2 Å². The lowest BCUT2D eigenvalue weighted by atomic mass is 9.99. The number of aromatic nitrogens is 2. The Balaban J connectivity index is 1.80. The number of nitrogens with zero attached hydrogens (tertiary/aromatic N) is 2. The van der Waals surface area contributed by atoms with Gasteiger partial charge in [-0.2, -0.15) is 18.3 Å². The maximum Gasteiger partial charge on any atom is 0.416 e. The molecule has 0 radical (unpaired) electrons. The smallest absolute Gasteiger partial charge is 0.416 e. The summed E-state index contributed by atoms with van der Waals surface area (Å²) in [4.78, 5) is 12.7. The predicted octanol–water partition coefficient (Wildman–Crippen LogP) is 3.96. The van der Waals surface area contributed by atoms with E-state index in [9.17, 15) is 18.0 Å². The summed E-state index contributed by atoms with van der Waals surface area (Å²) in [6, 6.07) is 6.01. The number of nitrogens with two attached hydrogens (primary N) is 1. The molecule has 2 heterocycles. The Morgan fingerprint density at radius 1 is 1.37 bits per heavy atom. The molecule has 1 amide bonds. The van der Waals surface area contributed by atoms with Crippen LogP contribution in [0.3, 0.4) is 0 Å². The van der Waals surface area contributed by atoms with Gasteiger partial charge in [-0.05, 0) is 31.0 Å². The van der Waals surface area contributed by atoms with Crippen LogP contribution in [-0.2, 0) is 19.6 Å². The van der Waals surface area contributed by atoms with Crippen molar-refractivity contribution >= 4 is 17.5 Å². The van der Waals surface area contributed by atoms with E-state index in [0.29, 0.717) is 22.0 Å². The van der Waals surface area contributed by atoms with Gasteiger partial charge in [0.05, 0.1) is 22.5 Å². The molecule has 0 aliphatic heterocycles. The average molecular weight is 441 g/mol. The molecule has 2 aromatic heterocycles. The van der Waals surface area contributed by atoms with Crippen molar-refractivity contribution in [2.24, 2.45) is 12.8 Å². The van der Waals surface area contributed by atoms with Crippen LogP contribution in [0.2, 0.25) is 5.02 Å². The molecule has 3 aromatic rings. The lowest BCUT2D eigenvalue weighted by Crippen LogP contribution is -2.42. The molecule has 0 saturated carbocycles. The zero-order valence-corrected chi connectivity index (χ0v) is 17.0. The molecule has 0 aliphatic carbocycles. The zero-order chi connectivity index (χ0) is 22.1. The number of rotatable bonds is 6. The van der Waals surface area contributed by atoms with E-state index < -0.39 is 23.7 Å². The molecule has 0 saturated heterocycles. The highest BCUT2D eigenvalue weighted by Crippen LogP contribution is 2.33. The maximum absolute atomic E-state index is 13.2. The van der Waals surface area contributed by atoms with Gasteiger partial charge in [-0.15, -0.1) is 0 Å². The highest BCUT2D eigenvalue weighted by molar-refractivity contribution is 6.33. The first kappa shape index (κ1) is 21.9. The molecule has 3 N–H and O–H groups in total. The summed E-state index contributed by atoms with van der Waals surface area (Å²) in [6.07, 6.45) is -3.08. The van der Waals surface area contributed by atoms with Crippen molar-refractivity contribution < 1.29 is 22.4 Å². The van der Waals surface area contributed by atoms with Gasteiger partial charge in [0.1, 0.15) is 5.76 Å². The normalized spacial score (nSPS) is 12.8. The number of hydrogen-bond acceptors (Lipinski definition) is 4. The summed E-state index contributed by atoms with van der Waals surface area (Å²) in [5.74, 6) is -0.123. The summed E-state index contributed by atoms with van der Waals surface area (Å²) in [5.41, 5.74) is 6.19. The van der Waals surface area contributed by atoms with Gasteiger partial charge in [0, 0.05) is 25.2 Å².